The summed E-state index contributed by atoms with van der Waals surface area (Å²) in [5, 5.41) is 17.2. The molecule has 3 rings (SSSR count). The molecule has 0 bridgehead atoms. The summed E-state index contributed by atoms with van der Waals surface area (Å²) in [7, 11) is 0. The van der Waals surface area contributed by atoms with Crippen LogP contribution in [0.4, 0.5) is 10.2 Å². The first-order valence-electron chi connectivity index (χ1n) is 7.09. The van der Waals surface area contributed by atoms with Crippen LogP contribution >= 0.6 is 0 Å². The van der Waals surface area contributed by atoms with E-state index in [1.165, 1.54) is 30.6 Å². The van der Waals surface area contributed by atoms with Crippen molar-refractivity contribution in [3.63, 3.8) is 0 Å². The SMILES string of the molecule is Cc1cc(NCC(O)COc2ccc(F)cc2)n2ncnc2n1. The Labute approximate surface area is 131 Å². The highest BCUT2D eigenvalue weighted by Crippen LogP contribution is 2.12. The number of ether oxygens (including phenoxy) is 1. The summed E-state index contributed by atoms with van der Waals surface area (Å²) in [6.07, 6.45) is 0.674. The topological polar surface area (TPSA) is 84.6 Å². The normalized spacial score (nSPS) is 12.3. The van der Waals surface area contributed by atoms with Crippen molar-refractivity contribution in [2.75, 3.05) is 18.5 Å². The van der Waals surface area contributed by atoms with Crippen molar-refractivity contribution >= 4 is 11.6 Å². The molecule has 2 N–H and O–H groups in total. The Balaban J connectivity index is 1.56. The molecular formula is C15H16FN5O2. The molecule has 0 saturated carbocycles. The first-order valence-corrected chi connectivity index (χ1v) is 7.09. The van der Waals surface area contributed by atoms with E-state index in [1.807, 2.05) is 13.0 Å². The minimum Gasteiger partial charge on any atom is -0.491 e. The van der Waals surface area contributed by atoms with Crippen molar-refractivity contribution in [2.45, 2.75) is 13.0 Å². The lowest BCUT2D eigenvalue weighted by Gasteiger charge is -2.14. The molecule has 1 aromatic carbocycles. The number of fused-ring (bicyclic) bond motifs is 1. The fraction of sp³-hybridized carbons (Fsp3) is 0.267. The number of nitrogens with zero attached hydrogens (tertiary/aromatic N) is 4. The zero-order valence-corrected chi connectivity index (χ0v) is 12.5. The van der Waals surface area contributed by atoms with Crippen LogP contribution in [0.25, 0.3) is 5.78 Å². The molecule has 23 heavy (non-hydrogen) atoms. The van der Waals surface area contributed by atoms with Gasteiger partial charge in [-0.1, -0.05) is 0 Å². The van der Waals surface area contributed by atoms with Crippen molar-refractivity contribution in [3.05, 3.63) is 48.2 Å². The van der Waals surface area contributed by atoms with Gasteiger partial charge >= 0.3 is 0 Å². The van der Waals surface area contributed by atoms with Gasteiger partial charge in [-0.2, -0.15) is 14.6 Å². The van der Waals surface area contributed by atoms with Crippen LogP contribution in [0.1, 0.15) is 5.69 Å². The third-order valence-corrected chi connectivity index (χ3v) is 3.15. The van der Waals surface area contributed by atoms with Gasteiger partial charge in [-0.15, -0.1) is 0 Å². The third kappa shape index (κ3) is 3.72. The number of hydrogen-bond acceptors (Lipinski definition) is 6. The first kappa shape index (κ1) is 15.2. The molecule has 1 unspecified atom stereocenters. The fourth-order valence-corrected chi connectivity index (χ4v) is 2.06. The number of hydrogen-bond donors (Lipinski definition) is 2. The number of rotatable bonds is 6. The number of benzene rings is 1. The van der Waals surface area contributed by atoms with Gasteiger partial charge in [-0.3, -0.25) is 0 Å². The van der Waals surface area contributed by atoms with E-state index in [0.29, 0.717) is 17.3 Å². The van der Waals surface area contributed by atoms with Crippen LogP contribution in [-0.2, 0) is 0 Å². The molecule has 0 aliphatic carbocycles. The van der Waals surface area contributed by atoms with E-state index in [4.69, 9.17) is 4.74 Å². The largest absolute Gasteiger partial charge is 0.491 e. The quantitative estimate of drug-likeness (QED) is 0.715. The van der Waals surface area contributed by atoms with E-state index in [1.54, 1.807) is 4.52 Å². The molecule has 0 saturated heterocycles. The van der Waals surface area contributed by atoms with Gasteiger partial charge in [0.1, 0.15) is 36.4 Å². The lowest BCUT2D eigenvalue weighted by atomic mass is 10.3. The number of anilines is 1. The molecule has 3 aromatic rings. The van der Waals surface area contributed by atoms with E-state index >= 15 is 0 Å². The monoisotopic (exact) mass is 317 g/mol. The Bertz CT molecular complexity index is 790. The van der Waals surface area contributed by atoms with Crippen LogP contribution in [0.5, 0.6) is 5.75 Å². The van der Waals surface area contributed by atoms with Crippen molar-refractivity contribution in [3.8, 4) is 5.75 Å². The van der Waals surface area contributed by atoms with Crippen LogP contribution < -0.4 is 10.1 Å². The van der Waals surface area contributed by atoms with Gasteiger partial charge in [-0.25, -0.2) is 9.37 Å². The molecule has 2 aromatic heterocycles. The smallest absolute Gasteiger partial charge is 0.254 e. The summed E-state index contributed by atoms with van der Waals surface area (Å²) in [6.45, 7) is 2.21. The van der Waals surface area contributed by atoms with Crippen molar-refractivity contribution in [1.29, 1.82) is 0 Å². The van der Waals surface area contributed by atoms with E-state index in [-0.39, 0.29) is 19.0 Å². The average molecular weight is 317 g/mol. The molecule has 0 aliphatic rings. The van der Waals surface area contributed by atoms with Crippen LogP contribution in [-0.4, -0.2) is 43.9 Å². The number of aryl methyl sites for hydroxylation is 1. The Morgan fingerprint density at radius 3 is 2.91 bits per heavy atom. The summed E-state index contributed by atoms with van der Waals surface area (Å²) >= 11 is 0. The Morgan fingerprint density at radius 1 is 1.35 bits per heavy atom. The zero-order chi connectivity index (χ0) is 16.2. The molecule has 0 amide bonds. The van der Waals surface area contributed by atoms with Gasteiger partial charge in [0.25, 0.3) is 5.78 Å². The van der Waals surface area contributed by atoms with Gasteiger partial charge in [0, 0.05) is 18.3 Å². The number of halogens is 1. The van der Waals surface area contributed by atoms with E-state index in [0.717, 1.165) is 5.69 Å². The van der Waals surface area contributed by atoms with Crippen LogP contribution in [0.15, 0.2) is 36.7 Å². The molecule has 0 fully saturated rings. The average Bonchev–Trinajstić information content (AvgIpc) is 3.00. The molecule has 1 atom stereocenters. The Hall–Kier alpha value is -2.74. The third-order valence-electron chi connectivity index (χ3n) is 3.15. The maximum Gasteiger partial charge on any atom is 0.254 e. The van der Waals surface area contributed by atoms with E-state index < -0.39 is 6.10 Å². The molecule has 0 spiro atoms. The Kier molecular flexibility index (Phi) is 4.33. The van der Waals surface area contributed by atoms with Gasteiger partial charge < -0.3 is 15.2 Å². The van der Waals surface area contributed by atoms with Crippen LogP contribution in [0.2, 0.25) is 0 Å². The van der Waals surface area contributed by atoms with Gasteiger partial charge in [0.05, 0.1) is 0 Å². The zero-order valence-electron chi connectivity index (χ0n) is 12.5. The summed E-state index contributed by atoms with van der Waals surface area (Å²) in [6, 6.07) is 7.46. The number of nitrogens with one attached hydrogen (secondary N) is 1. The molecule has 2 heterocycles. The second kappa shape index (κ2) is 6.57. The van der Waals surface area contributed by atoms with Crippen molar-refractivity contribution < 1.29 is 14.2 Å². The summed E-state index contributed by atoms with van der Waals surface area (Å²) in [4.78, 5) is 8.27. The molecular weight excluding hydrogens is 301 g/mol. The second-order valence-electron chi connectivity index (χ2n) is 5.05. The first-order chi connectivity index (χ1) is 11.1. The standard InChI is InChI=1S/C15H16FN5O2/c1-10-6-14(21-15(20-10)18-9-19-21)17-7-12(22)8-23-13-4-2-11(16)3-5-13/h2-6,9,12,17,22H,7-8H2,1H3. The van der Waals surface area contributed by atoms with Crippen molar-refractivity contribution in [2.24, 2.45) is 0 Å². The summed E-state index contributed by atoms with van der Waals surface area (Å²) in [5.74, 6) is 1.35. The van der Waals surface area contributed by atoms with E-state index in [9.17, 15) is 9.50 Å². The van der Waals surface area contributed by atoms with Crippen LogP contribution in [0, 0.1) is 12.7 Å². The molecule has 0 aliphatic heterocycles. The molecule has 0 radical (unpaired) electrons. The van der Waals surface area contributed by atoms with Crippen molar-refractivity contribution in [1.82, 2.24) is 19.6 Å². The van der Waals surface area contributed by atoms with Gasteiger partial charge in [0.15, 0.2) is 0 Å². The van der Waals surface area contributed by atoms with Crippen LogP contribution in [0.3, 0.4) is 0 Å². The Morgan fingerprint density at radius 2 is 2.13 bits per heavy atom. The number of aromatic nitrogens is 4. The maximum absolute atomic E-state index is 12.8. The lowest BCUT2D eigenvalue weighted by molar-refractivity contribution is 0.117. The molecule has 120 valence electrons. The lowest BCUT2D eigenvalue weighted by Crippen LogP contribution is -2.27. The van der Waals surface area contributed by atoms with Gasteiger partial charge in [0.2, 0.25) is 0 Å². The highest BCUT2D eigenvalue weighted by atomic mass is 19.1. The minimum atomic E-state index is -0.743. The molecule has 8 heteroatoms. The highest BCUT2D eigenvalue weighted by Gasteiger charge is 2.09. The highest BCUT2D eigenvalue weighted by molar-refractivity contribution is 5.44. The summed E-state index contributed by atoms with van der Waals surface area (Å²) in [5.41, 5.74) is 0.796. The number of aliphatic hydroxyl groups is 1. The molecule has 7 nitrogen and oxygen atoms in total. The van der Waals surface area contributed by atoms with Gasteiger partial charge in [-0.05, 0) is 31.2 Å². The minimum absolute atomic E-state index is 0.0865. The summed E-state index contributed by atoms with van der Waals surface area (Å²) < 4.78 is 19.8. The predicted molar refractivity (Wildman–Crippen MR) is 81.9 cm³/mol. The number of aliphatic hydroxyl groups excluding tert-OH is 1. The predicted octanol–water partition coefficient (Wildman–Crippen LogP) is 1.42. The van der Waals surface area contributed by atoms with E-state index in [2.05, 4.69) is 20.4 Å². The maximum atomic E-state index is 12.8. The fourth-order valence-electron chi connectivity index (χ4n) is 2.06. The second-order valence-corrected chi connectivity index (χ2v) is 5.05.